The highest BCUT2D eigenvalue weighted by Gasteiger charge is 2.28. The molecule has 5 nitrogen and oxygen atoms in total. The Morgan fingerprint density at radius 1 is 1.48 bits per heavy atom. The fourth-order valence-corrected chi connectivity index (χ4v) is 2.75. The van der Waals surface area contributed by atoms with Crippen LogP contribution in [0.3, 0.4) is 0 Å². The Balaban J connectivity index is 1.89. The van der Waals surface area contributed by atoms with E-state index in [9.17, 15) is 4.79 Å². The molecule has 1 aliphatic rings. The van der Waals surface area contributed by atoms with Gasteiger partial charge in [-0.3, -0.25) is 0 Å². The van der Waals surface area contributed by atoms with Gasteiger partial charge in [-0.15, -0.1) is 6.42 Å². The first-order chi connectivity index (χ1) is 11.0. The van der Waals surface area contributed by atoms with Gasteiger partial charge in [0.25, 0.3) is 0 Å². The van der Waals surface area contributed by atoms with Crippen molar-refractivity contribution in [2.45, 2.75) is 31.8 Å². The molecule has 1 aromatic carbocycles. The summed E-state index contributed by atoms with van der Waals surface area (Å²) in [6, 6.07) is 7.92. The molecule has 0 saturated carbocycles. The molecule has 1 aromatic rings. The van der Waals surface area contributed by atoms with Crippen LogP contribution < -0.4 is 10.1 Å². The summed E-state index contributed by atoms with van der Waals surface area (Å²) in [5.74, 6) is 3.11. The van der Waals surface area contributed by atoms with Crippen molar-refractivity contribution in [1.29, 1.82) is 0 Å². The molecule has 0 radical (unpaired) electrons. The number of hydrogen-bond donors (Lipinski definition) is 1. The SMILES string of the molecule is C#CCOc1ccc(NC(=O)N(C)[C@H]2CCN(C)[C@H](C)C2)cc1. The molecule has 1 aliphatic heterocycles. The van der Waals surface area contributed by atoms with Gasteiger partial charge in [-0.2, -0.15) is 0 Å². The van der Waals surface area contributed by atoms with Crippen LogP contribution >= 0.6 is 0 Å². The molecule has 5 heteroatoms. The summed E-state index contributed by atoms with van der Waals surface area (Å²) in [5.41, 5.74) is 0.746. The zero-order valence-electron chi connectivity index (χ0n) is 14.1. The molecule has 2 rings (SSSR count). The van der Waals surface area contributed by atoms with Gasteiger partial charge in [0.1, 0.15) is 12.4 Å². The lowest BCUT2D eigenvalue weighted by atomic mass is 9.98. The second-order valence-electron chi connectivity index (χ2n) is 6.07. The van der Waals surface area contributed by atoms with E-state index in [1.807, 2.05) is 24.1 Å². The van der Waals surface area contributed by atoms with Gasteiger partial charge in [0.2, 0.25) is 0 Å². The van der Waals surface area contributed by atoms with Crippen molar-refractivity contribution in [3.63, 3.8) is 0 Å². The standard InChI is InChI=1S/C18H25N3O2/c1-5-12-23-17-8-6-15(7-9-17)19-18(22)21(4)16-10-11-20(3)14(2)13-16/h1,6-9,14,16H,10-13H2,2-4H3,(H,19,22)/t14-,16+/m1/s1. The van der Waals surface area contributed by atoms with Gasteiger partial charge in [0.05, 0.1) is 0 Å². The molecule has 0 aromatic heterocycles. The molecule has 0 aliphatic carbocycles. The van der Waals surface area contributed by atoms with Crippen LogP contribution in [0.2, 0.25) is 0 Å². The fourth-order valence-electron chi connectivity index (χ4n) is 2.75. The Bertz CT molecular complexity index is 565. The van der Waals surface area contributed by atoms with Crippen LogP contribution in [0, 0.1) is 12.3 Å². The van der Waals surface area contributed by atoms with Crippen molar-refractivity contribution in [3.05, 3.63) is 24.3 Å². The smallest absolute Gasteiger partial charge is 0.321 e. The van der Waals surface area contributed by atoms with Crippen LogP contribution in [0.15, 0.2) is 24.3 Å². The minimum atomic E-state index is -0.0796. The summed E-state index contributed by atoms with van der Waals surface area (Å²) in [4.78, 5) is 16.5. The molecule has 0 unspecified atom stereocenters. The third-order valence-corrected chi connectivity index (χ3v) is 4.48. The topological polar surface area (TPSA) is 44.8 Å². The Morgan fingerprint density at radius 3 is 2.78 bits per heavy atom. The molecule has 0 spiro atoms. The number of likely N-dealkylation sites (tertiary alicyclic amines) is 1. The summed E-state index contributed by atoms with van der Waals surface area (Å²) in [6.07, 6.45) is 7.16. The van der Waals surface area contributed by atoms with Crippen LogP contribution in [0.25, 0.3) is 0 Å². The van der Waals surface area contributed by atoms with E-state index in [-0.39, 0.29) is 18.7 Å². The number of carbonyl (C=O) groups excluding carboxylic acids is 1. The molecular weight excluding hydrogens is 290 g/mol. The van der Waals surface area contributed by atoms with Crippen molar-refractivity contribution in [2.75, 3.05) is 32.6 Å². The highest BCUT2D eigenvalue weighted by molar-refractivity contribution is 5.89. The minimum absolute atomic E-state index is 0.0796. The van der Waals surface area contributed by atoms with Crippen molar-refractivity contribution in [1.82, 2.24) is 9.80 Å². The predicted octanol–water partition coefficient (Wildman–Crippen LogP) is 2.65. The molecule has 1 heterocycles. The summed E-state index contributed by atoms with van der Waals surface area (Å²) in [6.45, 7) is 3.46. The maximum Gasteiger partial charge on any atom is 0.321 e. The van der Waals surface area contributed by atoms with Gasteiger partial charge in [0.15, 0.2) is 0 Å². The summed E-state index contributed by atoms with van der Waals surface area (Å²) in [7, 11) is 3.99. The average Bonchev–Trinajstić information content (AvgIpc) is 2.56. The summed E-state index contributed by atoms with van der Waals surface area (Å²) in [5, 5.41) is 2.93. The van der Waals surface area contributed by atoms with Crippen molar-refractivity contribution in [2.24, 2.45) is 0 Å². The predicted molar refractivity (Wildman–Crippen MR) is 92.7 cm³/mol. The molecular formula is C18H25N3O2. The van der Waals surface area contributed by atoms with Crippen LogP contribution in [0.1, 0.15) is 19.8 Å². The molecule has 1 saturated heterocycles. The van der Waals surface area contributed by atoms with Crippen LogP contribution in [0.5, 0.6) is 5.75 Å². The van der Waals surface area contributed by atoms with Crippen molar-refractivity contribution in [3.8, 4) is 18.1 Å². The van der Waals surface area contributed by atoms with E-state index in [1.165, 1.54) is 0 Å². The number of nitrogens with zero attached hydrogens (tertiary/aromatic N) is 2. The number of rotatable bonds is 4. The van der Waals surface area contributed by atoms with Gasteiger partial charge in [0, 0.05) is 31.4 Å². The number of ether oxygens (including phenoxy) is 1. The average molecular weight is 315 g/mol. The number of carbonyl (C=O) groups is 1. The second-order valence-corrected chi connectivity index (χ2v) is 6.07. The lowest BCUT2D eigenvalue weighted by molar-refractivity contribution is 0.120. The van der Waals surface area contributed by atoms with Crippen molar-refractivity contribution >= 4 is 11.7 Å². The van der Waals surface area contributed by atoms with Crippen LogP contribution in [-0.4, -0.2) is 55.2 Å². The van der Waals surface area contributed by atoms with E-state index in [2.05, 4.69) is 30.1 Å². The molecule has 1 N–H and O–H groups in total. The molecule has 0 bridgehead atoms. The number of benzene rings is 1. The number of anilines is 1. The lowest BCUT2D eigenvalue weighted by Gasteiger charge is -2.39. The van der Waals surface area contributed by atoms with E-state index in [0.29, 0.717) is 11.8 Å². The van der Waals surface area contributed by atoms with E-state index < -0.39 is 0 Å². The number of hydrogen-bond acceptors (Lipinski definition) is 3. The lowest BCUT2D eigenvalue weighted by Crippen LogP contribution is -2.49. The Labute approximate surface area is 138 Å². The Hall–Kier alpha value is -2.19. The molecule has 1 fully saturated rings. The Kier molecular flexibility index (Phi) is 5.89. The largest absolute Gasteiger partial charge is 0.481 e. The maximum atomic E-state index is 12.4. The van der Waals surface area contributed by atoms with E-state index in [0.717, 1.165) is 25.1 Å². The first-order valence-corrected chi connectivity index (χ1v) is 7.91. The zero-order chi connectivity index (χ0) is 16.8. The quantitative estimate of drug-likeness (QED) is 0.869. The third kappa shape index (κ3) is 4.64. The van der Waals surface area contributed by atoms with Gasteiger partial charge < -0.3 is 19.9 Å². The Morgan fingerprint density at radius 2 is 2.17 bits per heavy atom. The summed E-state index contributed by atoms with van der Waals surface area (Å²) >= 11 is 0. The van der Waals surface area contributed by atoms with E-state index >= 15 is 0 Å². The van der Waals surface area contributed by atoms with Gasteiger partial charge in [-0.25, -0.2) is 4.79 Å². The van der Waals surface area contributed by atoms with Crippen LogP contribution in [0.4, 0.5) is 10.5 Å². The van der Waals surface area contributed by atoms with Gasteiger partial charge in [-0.05, 0) is 51.1 Å². The minimum Gasteiger partial charge on any atom is -0.481 e. The summed E-state index contributed by atoms with van der Waals surface area (Å²) < 4.78 is 5.32. The first kappa shape index (κ1) is 17.2. The fraction of sp³-hybridized carbons (Fsp3) is 0.500. The second kappa shape index (κ2) is 7.89. The van der Waals surface area contributed by atoms with Crippen LogP contribution in [-0.2, 0) is 0 Å². The highest BCUT2D eigenvalue weighted by atomic mass is 16.5. The number of urea groups is 1. The number of nitrogens with one attached hydrogen (secondary N) is 1. The molecule has 2 amide bonds. The number of amides is 2. The molecule has 2 atom stereocenters. The van der Waals surface area contributed by atoms with Crippen molar-refractivity contribution < 1.29 is 9.53 Å². The van der Waals surface area contributed by atoms with Gasteiger partial charge >= 0.3 is 6.03 Å². The maximum absolute atomic E-state index is 12.4. The number of piperidine rings is 1. The normalized spacial score (nSPS) is 21.3. The zero-order valence-corrected chi connectivity index (χ0v) is 14.1. The third-order valence-electron chi connectivity index (χ3n) is 4.48. The first-order valence-electron chi connectivity index (χ1n) is 7.91. The monoisotopic (exact) mass is 315 g/mol. The molecule has 23 heavy (non-hydrogen) atoms. The number of terminal acetylenes is 1. The van der Waals surface area contributed by atoms with E-state index in [1.54, 1.807) is 12.1 Å². The van der Waals surface area contributed by atoms with Gasteiger partial charge in [-0.1, -0.05) is 5.92 Å². The molecule has 124 valence electrons. The highest BCUT2D eigenvalue weighted by Crippen LogP contribution is 2.21. The van der Waals surface area contributed by atoms with E-state index in [4.69, 9.17) is 11.2 Å².